The number of aryl methyl sites for hydroxylation is 2. The van der Waals surface area contributed by atoms with Crippen LogP contribution >= 0.6 is 22.9 Å². The first kappa shape index (κ1) is 18.3. The Bertz CT molecular complexity index is 1210. The summed E-state index contributed by atoms with van der Waals surface area (Å²) in [7, 11) is 1.77. The molecule has 28 heavy (non-hydrogen) atoms. The van der Waals surface area contributed by atoms with Crippen molar-refractivity contribution < 1.29 is 4.79 Å². The molecule has 6 nitrogen and oxygen atoms in total. The van der Waals surface area contributed by atoms with Gasteiger partial charge in [-0.3, -0.25) is 4.79 Å². The van der Waals surface area contributed by atoms with Gasteiger partial charge < -0.3 is 0 Å². The number of aromatic nitrogens is 4. The fourth-order valence-electron chi connectivity index (χ4n) is 2.82. The smallest absolute Gasteiger partial charge is 0.214 e. The van der Waals surface area contributed by atoms with Gasteiger partial charge in [-0.15, -0.1) is 0 Å². The fourth-order valence-corrected chi connectivity index (χ4v) is 3.86. The Labute approximate surface area is 170 Å². The number of carbonyl (C=O) groups excluding carboxylic acids is 1. The monoisotopic (exact) mass is 409 g/mol. The maximum Gasteiger partial charge on any atom is 0.214 e. The molecule has 0 spiro atoms. The van der Waals surface area contributed by atoms with Crippen molar-refractivity contribution in [3.63, 3.8) is 0 Å². The fraction of sp³-hybridized carbons (Fsp3) is 0.100. The summed E-state index contributed by atoms with van der Waals surface area (Å²) in [6, 6.07) is 17.3. The molecular formula is C20H16ClN5OS. The number of aldehydes is 1. The van der Waals surface area contributed by atoms with Gasteiger partial charge in [-0.2, -0.15) is 15.2 Å². The van der Waals surface area contributed by atoms with E-state index in [1.165, 1.54) is 11.3 Å². The first-order valence-electron chi connectivity index (χ1n) is 8.52. The number of halogens is 1. The number of nitrogens with zero attached hydrogens (tertiary/aromatic N) is 5. The van der Waals surface area contributed by atoms with Crippen LogP contribution in [0.15, 0.2) is 59.6 Å². The Morgan fingerprint density at radius 1 is 1.07 bits per heavy atom. The van der Waals surface area contributed by atoms with Gasteiger partial charge in [-0.25, -0.2) is 9.36 Å². The van der Waals surface area contributed by atoms with E-state index in [0.717, 1.165) is 22.5 Å². The Morgan fingerprint density at radius 2 is 1.79 bits per heavy atom. The maximum atomic E-state index is 11.5. The van der Waals surface area contributed by atoms with Gasteiger partial charge in [0.05, 0.1) is 16.9 Å². The average molecular weight is 410 g/mol. The van der Waals surface area contributed by atoms with Gasteiger partial charge in [0.1, 0.15) is 5.01 Å². The molecule has 0 saturated carbocycles. The van der Waals surface area contributed by atoms with Gasteiger partial charge in [-0.1, -0.05) is 53.3 Å². The van der Waals surface area contributed by atoms with Crippen LogP contribution in [0.4, 0.5) is 5.82 Å². The summed E-state index contributed by atoms with van der Waals surface area (Å²) in [5.74, 6) is 0.503. The molecule has 0 N–H and O–H groups in total. The van der Waals surface area contributed by atoms with E-state index in [2.05, 4.69) is 5.10 Å². The van der Waals surface area contributed by atoms with Crippen LogP contribution < -0.4 is 4.80 Å². The molecule has 4 rings (SSSR count). The zero-order chi connectivity index (χ0) is 19.7. The summed E-state index contributed by atoms with van der Waals surface area (Å²) >= 11 is 7.44. The highest BCUT2D eigenvalue weighted by Gasteiger charge is 2.14. The van der Waals surface area contributed by atoms with E-state index in [-0.39, 0.29) is 0 Å². The molecule has 0 bridgehead atoms. The largest absolute Gasteiger partial charge is 0.298 e. The second-order valence-electron chi connectivity index (χ2n) is 6.12. The predicted octanol–water partition coefficient (Wildman–Crippen LogP) is 4.34. The van der Waals surface area contributed by atoms with Crippen LogP contribution in [0.1, 0.15) is 16.1 Å². The summed E-state index contributed by atoms with van der Waals surface area (Å²) in [6.07, 6.45) is 0.787. The minimum absolute atomic E-state index is 0.476. The van der Waals surface area contributed by atoms with Gasteiger partial charge >= 0.3 is 0 Å². The molecule has 0 aliphatic rings. The zero-order valence-electron chi connectivity index (χ0n) is 15.2. The van der Waals surface area contributed by atoms with E-state index >= 15 is 0 Å². The third kappa shape index (κ3) is 3.42. The number of carbonyl (C=O) groups is 1. The molecule has 4 aromatic rings. The molecule has 0 atom stereocenters. The van der Waals surface area contributed by atoms with Crippen LogP contribution in [-0.2, 0) is 7.05 Å². The number of hydrogen-bond acceptors (Lipinski definition) is 5. The lowest BCUT2D eigenvalue weighted by Crippen LogP contribution is -2.14. The topological polar surface area (TPSA) is 65.1 Å². The van der Waals surface area contributed by atoms with Gasteiger partial charge in [0.2, 0.25) is 4.80 Å². The Balaban J connectivity index is 1.95. The molecule has 0 fully saturated rings. The zero-order valence-corrected chi connectivity index (χ0v) is 16.8. The number of para-hydroxylation sites is 1. The van der Waals surface area contributed by atoms with Crippen molar-refractivity contribution in [1.29, 1.82) is 0 Å². The molecule has 2 aromatic heterocycles. The van der Waals surface area contributed by atoms with E-state index in [1.807, 2.05) is 54.6 Å². The molecule has 2 heterocycles. The Morgan fingerprint density at radius 3 is 2.46 bits per heavy atom. The number of rotatable bonds is 4. The van der Waals surface area contributed by atoms with Crippen LogP contribution in [0, 0.1) is 6.92 Å². The van der Waals surface area contributed by atoms with E-state index in [1.54, 1.807) is 23.3 Å². The first-order chi connectivity index (χ1) is 13.6. The van der Waals surface area contributed by atoms with Crippen molar-refractivity contribution in [2.45, 2.75) is 6.92 Å². The van der Waals surface area contributed by atoms with E-state index in [0.29, 0.717) is 26.9 Å². The summed E-state index contributed by atoms with van der Waals surface area (Å²) in [4.78, 5) is 16.9. The average Bonchev–Trinajstić information content (AvgIpc) is 3.24. The molecule has 0 aliphatic carbocycles. The molecule has 140 valence electrons. The summed E-state index contributed by atoms with van der Waals surface area (Å²) in [6.45, 7) is 1.79. The lowest BCUT2D eigenvalue weighted by atomic mass is 10.2. The highest BCUT2D eigenvalue weighted by Crippen LogP contribution is 2.24. The third-order valence-electron chi connectivity index (χ3n) is 4.21. The Kier molecular flexibility index (Phi) is 4.93. The second-order valence-corrected chi connectivity index (χ2v) is 7.51. The molecular weight excluding hydrogens is 394 g/mol. The van der Waals surface area contributed by atoms with E-state index in [9.17, 15) is 4.79 Å². The highest BCUT2D eigenvalue weighted by atomic mass is 35.5. The van der Waals surface area contributed by atoms with Crippen molar-refractivity contribution in [2.75, 3.05) is 0 Å². The van der Waals surface area contributed by atoms with Crippen molar-refractivity contribution in [3.05, 3.63) is 75.7 Å². The molecule has 0 radical (unpaired) electrons. The number of hydrogen-bond donors (Lipinski definition) is 0. The van der Waals surface area contributed by atoms with Crippen molar-refractivity contribution >= 4 is 35.0 Å². The minimum Gasteiger partial charge on any atom is -0.298 e. The molecule has 0 aliphatic heterocycles. The summed E-state index contributed by atoms with van der Waals surface area (Å²) in [5.41, 5.74) is 2.94. The van der Waals surface area contributed by atoms with Crippen molar-refractivity contribution in [2.24, 2.45) is 12.0 Å². The lowest BCUT2D eigenvalue weighted by molar-refractivity contribution is 0.112. The van der Waals surface area contributed by atoms with Crippen LogP contribution in [-0.4, -0.2) is 25.8 Å². The van der Waals surface area contributed by atoms with Crippen LogP contribution in [0.25, 0.3) is 16.3 Å². The highest BCUT2D eigenvalue weighted by molar-refractivity contribution is 7.12. The predicted molar refractivity (Wildman–Crippen MR) is 110 cm³/mol. The van der Waals surface area contributed by atoms with Gasteiger partial charge in [-0.05, 0) is 31.2 Å². The van der Waals surface area contributed by atoms with Crippen LogP contribution in [0.3, 0.4) is 0 Å². The van der Waals surface area contributed by atoms with E-state index in [4.69, 9.17) is 21.7 Å². The standard InChI is InChI=1S/C20H16ClN5OS/c1-13-17(12-27)18(25(2)23-13)22-20-26(16-6-4-3-5-7-16)24-19(28-20)14-8-10-15(21)11-9-14/h3-12H,1-2H3/b22-20-. The first-order valence-corrected chi connectivity index (χ1v) is 9.71. The summed E-state index contributed by atoms with van der Waals surface area (Å²) < 4.78 is 3.38. The number of benzene rings is 2. The van der Waals surface area contributed by atoms with E-state index < -0.39 is 0 Å². The van der Waals surface area contributed by atoms with Crippen molar-refractivity contribution in [3.8, 4) is 16.3 Å². The Hall–Kier alpha value is -3.03. The molecule has 0 unspecified atom stereocenters. The second kappa shape index (κ2) is 7.53. The van der Waals surface area contributed by atoms with Gasteiger partial charge in [0, 0.05) is 17.6 Å². The quantitative estimate of drug-likeness (QED) is 0.471. The SMILES string of the molecule is Cc1nn(C)c(/N=c2\sc(-c3ccc(Cl)cc3)nn2-c2ccccc2)c1C=O. The minimum atomic E-state index is 0.476. The molecule has 0 amide bonds. The third-order valence-corrected chi connectivity index (χ3v) is 5.42. The van der Waals surface area contributed by atoms with Crippen LogP contribution in [0.2, 0.25) is 5.02 Å². The summed E-state index contributed by atoms with van der Waals surface area (Å²) in [5, 5.41) is 10.5. The molecule has 0 saturated heterocycles. The van der Waals surface area contributed by atoms with Gasteiger partial charge in [0.15, 0.2) is 12.1 Å². The lowest BCUT2D eigenvalue weighted by Gasteiger charge is -2.01. The molecule has 2 aromatic carbocycles. The normalized spacial score (nSPS) is 11.8. The van der Waals surface area contributed by atoms with Crippen LogP contribution in [0.5, 0.6) is 0 Å². The maximum absolute atomic E-state index is 11.5. The molecule has 8 heteroatoms. The van der Waals surface area contributed by atoms with Crippen molar-refractivity contribution in [1.82, 2.24) is 19.6 Å². The van der Waals surface area contributed by atoms with Gasteiger partial charge in [0.25, 0.3) is 0 Å².